The molecule has 2 N–H and O–H groups in total. The fraction of sp³-hybridized carbons (Fsp3) is 0.526. The molecule has 0 saturated heterocycles. The zero-order valence-electron chi connectivity index (χ0n) is 16.5. The molecule has 0 fully saturated rings. The molecule has 0 saturated carbocycles. The molecule has 2 amide bonds. The fourth-order valence-corrected chi connectivity index (χ4v) is 2.73. The van der Waals surface area contributed by atoms with Gasteiger partial charge in [-0.1, -0.05) is 6.07 Å². The Labute approximate surface area is 158 Å². The predicted octanol–water partition coefficient (Wildman–Crippen LogP) is 3.78. The van der Waals surface area contributed by atoms with Crippen molar-refractivity contribution >= 4 is 29.5 Å². The van der Waals surface area contributed by atoms with Crippen molar-refractivity contribution < 1.29 is 29.0 Å². The van der Waals surface area contributed by atoms with Gasteiger partial charge in [-0.2, -0.15) is 0 Å². The number of fused-ring (bicyclic) bond motifs is 1. The molecule has 0 unspecified atom stereocenters. The monoisotopic (exact) mass is 378 g/mol. The Hall–Kier alpha value is -2.77. The summed E-state index contributed by atoms with van der Waals surface area (Å²) in [5.74, 6) is -1.15. The van der Waals surface area contributed by atoms with Gasteiger partial charge in [0.2, 0.25) is 0 Å². The van der Waals surface area contributed by atoms with Gasteiger partial charge in [-0.3, -0.25) is 10.2 Å². The Bertz CT molecular complexity index is 760. The van der Waals surface area contributed by atoms with E-state index >= 15 is 0 Å². The average molecular weight is 378 g/mol. The van der Waals surface area contributed by atoms with Gasteiger partial charge < -0.3 is 14.6 Å². The Morgan fingerprint density at radius 3 is 2.19 bits per heavy atom. The number of amides is 2. The van der Waals surface area contributed by atoms with Gasteiger partial charge in [-0.25, -0.2) is 14.4 Å². The highest BCUT2D eigenvalue weighted by molar-refractivity contribution is 6.01. The summed E-state index contributed by atoms with van der Waals surface area (Å²) in [6.45, 7) is 10.3. The van der Waals surface area contributed by atoms with E-state index in [4.69, 9.17) is 9.47 Å². The van der Waals surface area contributed by atoms with E-state index in [1.54, 1.807) is 59.7 Å². The summed E-state index contributed by atoms with van der Waals surface area (Å²) < 4.78 is 10.6. The van der Waals surface area contributed by atoms with Crippen LogP contribution in [0.15, 0.2) is 18.2 Å². The van der Waals surface area contributed by atoms with Crippen LogP contribution in [0.5, 0.6) is 0 Å². The van der Waals surface area contributed by atoms with Crippen LogP contribution in [0.4, 0.5) is 21.0 Å². The number of carbonyl (C=O) groups excluding carboxylic acids is 2. The third-order valence-electron chi connectivity index (χ3n) is 3.63. The van der Waals surface area contributed by atoms with E-state index in [0.29, 0.717) is 16.9 Å². The van der Waals surface area contributed by atoms with Crippen LogP contribution >= 0.6 is 0 Å². The number of anilines is 2. The Morgan fingerprint density at radius 1 is 1.07 bits per heavy atom. The minimum atomic E-state index is -1.15. The van der Waals surface area contributed by atoms with E-state index in [0.717, 1.165) is 4.90 Å². The lowest BCUT2D eigenvalue weighted by Gasteiger charge is -2.27. The maximum atomic E-state index is 12.6. The number of ether oxygens (including phenoxy) is 2. The number of hydrogen-bond acceptors (Lipinski definition) is 5. The SMILES string of the molecule is CC(C)(C)OC(=O)Nc1cccc2c1C[C@H](C(=O)O)N2C(=O)OC(C)(C)C. The minimum Gasteiger partial charge on any atom is -0.480 e. The lowest BCUT2D eigenvalue weighted by Crippen LogP contribution is -2.45. The van der Waals surface area contributed by atoms with Crippen molar-refractivity contribution in [2.24, 2.45) is 0 Å². The normalized spacial score (nSPS) is 16.5. The summed E-state index contributed by atoms with van der Waals surface area (Å²) in [4.78, 5) is 37.5. The van der Waals surface area contributed by atoms with E-state index < -0.39 is 35.4 Å². The van der Waals surface area contributed by atoms with Crippen LogP contribution in [0.3, 0.4) is 0 Å². The average Bonchev–Trinajstić information content (AvgIpc) is 2.84. The second kappa shape index (κ2) is 7.09. The zero-order chi connectivity index (χ0) is 20.6. The molecule has 27 heavy (non-hydrogen) atoms. The van der Waals surface area contributed by atoms with Gasteiger partial charge >= 0.3 is 18.2 Å². The highest BCUT2D eigenvalue weighted by atomic mass is 16.6. The molecule has 148 valence electrons. The summed E-state index contributed by atoms with van der Waals surface area (Å²) in [5.41, 5.74) is -0.102. The summed E-state index contributed by atoms with van der Waals surface area (Å²) in [6, 6.07) is 3.78. The van der Waals surface area contributed by atoms with Crippen LogP contribution in [0, 0.1) is 0 Å². The Kier molecular flexibility index (Phi) is 5.40. The first-order valence-electron chi connectivity index (χ1n) is 8.65. The van der Waals surface area contributed by atoms with Gasteiger partial charge in [-0.15, -0.1) is 0 Å². The molecule has 1 aromatic carbocycles. The molecule has 0 bridgehead atoms. The molecule has 2 rings (SSSR count). The van der Waals surface area contributed by atoms with Crippen LogP contribution in [-0.2, 0) is 20.7 Å². The van der Waals surface area contributed by atoms with Crippen LogP contribution < -0.4 is 10.2 Å². The van der Waals surface area contributed by atoms with Crippen molar-refractivity contribution in [1.82, 2.24) is 0 Å². The van der Waals surface area contributed by atoms with Gasteiger partial charge in [0, 0.05) is 17.7 Å². The summed E-state index contributed by atoms with van der Waals surface area (Å²) in [6.07, 6.45) is -1.35. The first-order chi connectivity index (χ1) is 12.3. The molecular formula is C19H26N2O6. The molecule has 1 aliphatic rings. The predicted molar refractivity (Wildman–Crippen MR) is 100 cm³/mol. The largest absolute Gasteiger partial charge is 0.480 e. The van der Waals surface area contributed by atoms with Gasteiger partial charge in [-0.05, 0) is 53.7 Å². The third-order valence-corrected chi connectivity index (χ3v) is 3.63. The second-order valence-electron chi connectivity index (χ2n) is 8.34. The fourth-order valence-electron chi connectivity index (χ4n) is 2.73. The maximum Gasteiger partial charge on any atom is 0.415 e. The summed E-state index contributed by atoms with van der Waals surface area (Å²) in [5, 5.41) is 12.2. The molecule has 1 atom stereocenters. The van der Waals surface area contributed by atoms with Crippen molar-refractivity contribution in [3.8, 4) is 0 Å². The van der Waals surface area contributed by atoms with Crippen molar-refractivity contribution in [2.75, 3.05) is 10.2 Å². The van der Waals surface area contributed by atoms with Crippen molar-refractivity contribution in [3.05, 3.63) is 23.8 Å². The first kappa shape index (κ1) is 20.5. The van der Waals surface area contributed by atoms with Crippen molar-refractivity contribution in [2.45, 2.75) is 65.2 Å². The topological polar surface area (TPSA) is 105 Å². The molecule has 1 aliphatic heterocycles. The number of aliphatic carboxylic acids is 1. The number of carboxylic acid groups (broad SMARTS) is 1. The second-order valence-corrected chi connectivity index (χ2v) is 8.34. The van der Waals surface area contributed by atoms with E-state index in [-0.39, 0.29) is 6.42 Å². The van der Waals surface area contributed by atoms with Crippen LogP contribution in [0.2, 0.25) is 0 Å². The molecule has 0 radical (unpaired) electrons. The lowest BCUT2D eigenvalue weighted by molar-refractivity contribution is -0.138. The number of nitrogens with zero attached hydrogens (tertiary/aromatic N) is 1. The first-order valence-corrected chi connectivity index (χ1v) is 8.65. The van der Waals surface area contributed by atoms with Gasteiger partial charge in [0.25, 0.3) is 0 Å². The number of benzene rings is 1. The highest BCUT2D eigenvalue weighted by Gasteiger charge is 2.41. The van der Waals surface area contributed by atoms with Crippen molar-refractivity contribution in [3.63, 3.8) is 0 Å². The quantitative estimate of drug-likeness (QED) is 0.811. The van der Waals surface area contributed by atoms with Crippen LogP contribution in [0.25, 0.3) is 0 Å². The van der Waals surface area contributed by atoms with Crippen molar-refractivity contribution in [1.29, 1.82) is 0 Å². The lowest BCUT2D eigenvalue weighted by atomic mass is 10.1. The van der Waals surface area contributed by atoms with E-state index in [1.165, 1.54) is 0 Å². The molecule has 1 heterocycles. The molecular weight excluding hydrogens is 352 g/mol. The number of carboxylic acids is 1. The Morgan fingerprint density at radius 2 is 1.67 bits per heavy atom. The number of carbonyl (C=O) groups is 3. The standard InChI is InChI=1S/C19H26N2O6/c1-18(2,3)26-16(24)20-12-8-7-9-13-11(12)10-14(15(22)23)21(13)17(25)27-19(4,5)6/h7-9,14H,10H2,1-6H3,(H,20,24)(H,22,23)/t14-/m1/s1. The summed E-state index contributed by atoms with van der Waals surface area (Å²) >= 11 is 0. The molecule has 8 heteroatoms. The van der Waals surface area contributed by atoms with Gasteiger partial charge in [0.05, 0.1) is 5.69 Å². The molecule has 0 aromatic heterocycles. The molecule has 0 spiro atoms. The van der Waals surface area contributed by atoms with Crippen LogP contribution in [0.1, 0.15) is 47.1 Å². The smallest absolute Gasteiger partial charge is 0.415 e. The van der Waals surface area contributed by atoms with E-state index in [9.17, 15) is 19.5 Å². The Balaban J connectivity index is 2.36. The number of nitrogens with one attached hydrogen (secondary N) is 1. The molecule has 0 aliphatic carbocycles. The van der Waals surface area contributed by atoms with E-state index in [1.807, 2.05) is 0 Å². The molecule has 8 nitrogen and oxygen atoms in total. The third kappa shape index (κ3) is 5.12. The van der Waals surface area contributed by atoms with E-state index in [2.05, 4.69) is 5.32 Å². The minimum absolute atomic E-state index is 0.0515. The number of hydrogen-bond donors (Lipinski definition) is 2. The zero-order valence-corrected chi connectivity index (χ0v) is 16.5. The highest BCUT2D eigenvalue weighted by Crippen LogP contribution is 2.38. The summed E-state index contributed by atoms with van der Waals surface area (Å²) in [7, 11) is 0. The molecule has 1 aromatic rings. The van der Waals surface area contributed by atoms with Crippen LogP contribution in [-0.4, -0.2) is 40.5 Å². The maximum absolute atomic E-state index is 12.6. The number of rotatable bonds is 2. The van der Waals surface area contributed by atoms with Gasteiger partial charge in [0.15, 0.2) is 0 Å². The van der Waals surface area contributed by atoms with Gasteiger partial charge in [0.1, 0.15) is 17.2 Å².